The Hall–Kier alpha value is -1.89. The molecule has 0 unspecified atom stereocenters. The quantitative estimate of drug-likeness (QED) is 0.391. The Morgan fingerprint density at radius 3 is 2.14 bits per heavy atom. The molecule has 3 rings (SSSR count). The zero-order valence-corrected chi connectivity index (χ0v) is 23.4. The van der Waals surface area contributed by atoms with Crippen LogP contribution in [0.3, 0.4) is 0 Å². The van der Waals surface area contributed by atoms with Crippen molar-refractivity contribution in [1.82, 2.24) is 10.6 Å². The molecular weight excluding hydrogens is 456 g/mol. The minimum absolute atomic E-state index is 0.0472. The summed E-state index contributed by atoms with van der Waals surface area (Å²) in [5, 5.41) is 7.21. The molecule has 0 spiro atoms. The summed E-state index contributed by atoms with van der Waals surface area (Å²) in [7, 11) is -1.75. The van der Waals surface area contributed by atoms with Crippen molar-refractivity contribution in [3.05, 3.63) is 59.7 Å². The average molecular weight is 503 g/mol. The van der Waals surface area contributed by atoms with E-state index in [0.29, 0.717) is 17.5 Å². The summed E-state index contributed by atoms with van der Waals surface area (Å²) in [5.41, 5.74) is 1.35. The van der Waals surface area contributed by atoms with Crippen LogP contribution in [0.4, 0.5) is 0 Å². The van der Waals surface area contributed by atoms with Crippen molar-refractivity contribution < 1.29 is 13.2 Å². The first-order valence-corrected chi connectivity index (χ1v) is 14.9. The predicted molar refractivity (Wildman–Crippen MR) is 147 cm³/mol. The second-order valence-corrected chi connectivity index (χ2v) is 11.6. The number of nitrogens with one attached hydrogen (secondary N) is 2. The first-order valence-electron chi connectivity index (χ1n) is 13.2. The molecule has 196 valence electrons. The molecule has 1 heterocycles. The number of fused-ring (bicyclic) bond motifs is 1. The highest BCUT2D eigenvalue weighted by Crippen LogP contribution is 2.38. The molecule has 0 saturated heterocycles. The Balaban J connectivity index is 0.000000625. The lowest BCUT2D eigenvalue weighted by Gasteiger charge is -2.34. The van der Waals surface area contributed by atoms with E-state index >= 15 is 0 Å². The summed E-state index contributed by atoms with van der Waals surface area (Å²) >= 11 is 0. The fourth-order valence-corrected chi connectivity index (χ4v) is 7.06. The zero-order valence-electron chi connectivity index (χ0n) is 22.6. The van der Waals surface area contributed by atoms with Gasteiger partial charge in [0, 0.05) is 29.7 Å². The topological polar surface area (TPSA) is 67.4 Å². The van der Waals surface area contributed by atoms with Gasteiger partial charge in [0.15, 0.2) is 9.84 Å². The fraction of sp³-hybridized carbons (Fsp3) is 0.586. The summed E-state index contributed by atoms with van der Waals surface area (Å²) < 4.78 is 32.6. The number of unbranched alkanes of at least 4 members (excludes halogenated alkanes) is 1. The lowest BCUT2D eigenvalue weighted by molar-refractivity contribution is 0.287. The summed E-state index contributed by atoms with van der Waals surface area (Å²) in [6.07, 6.45) is 5.83. The van der Waals surface area contributed by atoms with E-state index in [2.05, 4.69) is 45.3 Å². The van der Waals surface area contributed by atoms with Crippen molar-refractivity contribution in [2.75, 3.05) is 12.9 Å². The van der Waals surface area contributed by atoms with Gasteiger partial charge in [0.2, 0.25) is 0 Å². The lowest BCUT2D eigenvalue weighted by Crippen LogP contribution is -2.49. The number of hydrogen-bond donors (Lipinski definition) is 2. The van der Waals surface area contributed by atoms with Crippen LogP contribution in [0.25, 0.3) is 0 Å². The van der Waals surface area contributed by atoms with Crippen molar-refractivity contribution in [2.24, 2.45) is 0 Å². The molecule has 35 heavy (non-hydrogen) atoms. The van der Waals surface area contributed by atoms with Gasteiger partial charge in [-0.2, -0.15) is 0 Å². The second kappa shape index (κ2) is 14.0. The fourth-order valence-electron chi connectivity index (χ4n) is 4.83. The average Bonchev–Trinajstić information content (AvgIpc) is 2.96. The molecule has 0 fully saturated rings. The smallest absolute Gasteiger partial charge is 0.180 e. The van der Waals surface area contributed by atoms with E-state index < -0.39 is 9.84 Å². The molecule has 2 atom stereocenters. The molecule has 0 amide bonds. The number of benzene rings is 2. The number of sulfone groups is 1. The highest BCUT2D eigenvalue weighted by Gasteiger charge is 2.40. The normalized spacial score (nSPS) is 20.9. The van der Waals surface area contributed by atoms with Gasteiger partial charge in [0.1, 0.15) is 5.75 Å². The molecule has 0 saturated carbocycles. The maximum atomic E-state index is 13.5. The lowest BCUT2D eigenvalue weighted by atomic mass is 9.90. The molecule has 1 aliphatic rings. The summed E-state index contributed by atoms with van der Waals surface area (Å²) in [6, 6.07) is 16.1. The Labute approximate surface area is 214 Å². The molecule has 2 N–H and O–H groups in total. The largest absolute Gasteiger partial charge is 0.496 e. The van der Waals surface area contributed by atoms with Crippen LogP contribution >= 0.6 is 0 Å². The van der Waals surface area contributed by atoms with Gasteiger partial charge in [-0.1, -0.05) is 76.9 Å². The van der Waals surface area contributed by atoms with Crippen LogP contribution in [0, 0.1) is 0 Å². The molecule has 0 bridgehead atoms. The molecule has 2 aromatic carbocycles. The third-order valence-corrected chi connectivity index (χ3v) is 9.08. The van der Waals surface area contributed by atoms with Crippen molar-refractivity contribution in [1.29, 1.82) is 0 Å². The zero-order chi connectivity index (χ0) is 25.9. The van der Waals surface area contributed by atoms with Crippen LogP contribution in [0.5, 0.6) is 5.75 Å². The SMILES string of the molecule is CCCC[C@]1(CC)CS(=O)(=O)c2cc(CNC(CC)CC)c(OC)cc2[C@@H](C)N1.c1ccccc1. The molecule has 0 aromatic heterocycles. The first kappa shape index (κ1) is 29.3. The van der Waals surface area contributed by atoms with E-state index in [0.717, 1.165) is 55.4 Å². The standard InChI is InChI=1S/C23H40N2O3S.C6H6/c1-7-11-12-23(10-4)16-29(26,27)22-13-18(15-24-19(8-2)9-3)21(28-6)14-20(22)17(5)25-23;1-2-4-6-5-3-1/h13-14,17,19,24-25H,7-12,15-16H2,1-6H3;1-6H/t17-,23-;/m1./s1. The van der Waals surface area contributed by atoms with Gasteiger partial charge >= 0.3 is 0 Å². The van der Waals surface area contributed by atoms with Gasteiger partial charge in [-0.25, -0.2) is 8.42 Å². The van der Waals surface area contributed by atoms with Crippen molar-refractivity contribution in [3.63, 3.8) is 0 Å². The highest BCUT2D eigenvalue weighted by atomic mass is 32.2. The van der Waals surface area contributed by atoms with Crippen molar-refractivity contribution >= 4 is 9.84 Å². The molecule has 0 aliphatic carbocycles. The third kappa shape index (κ3) is 8.06. The highest BCUT2D eigenvalue weighted by molar-refractivity contribution is 7.91. The van der Waals surface area contributed by atoms with E-state index in [-0.39, 0.29) is 17.3 Å². The Morgan fingerprint density at radius 1 is 1.06 bits per heavy atom. The molecule has 2 aromatic rings. The summed E-state index contributed by atoms with van der Waals surface area (Å²) in [4.78, 5) is 0.464. The van der Waals surface area contributed by atoms with Gasteiger partial charge in [-0.15, -0.1) is 0 Å². The van der Waals surface area contributed by atoms with Crippen LogP contribution in [0.15, 0.2) is 53.4 Å². The number of ether oxygens (including phenoxy) is 1. The minimum Gasteiger partial charge on any atom is -0.496 e. The predicted octanol–water partition coefficient (Wildman–Crippen LogP) is 6.44. The van der Waals surface area contributed by atoms with E-state index in [4.69, 9.17) is 4.74 Å². The van der Waals surface area contributed by atoms with Gasteiger partial charge in [-0.3, -0.25) is 0 Å². The number of methoxy groups -OCH3 is 1. The van der Waals surface area contributed by atoms with Crippen LogP contribution in [-0.2, 0) is 16.4 Å². The third-order valence-electron chi connectivity index (χ3n) is 7.12. The van der Waals surface area contributed by atoms with Crippen LogP contribution < -0.4 is 15.4 Å². The molecule has 6 heteroatoms. The van der Waals surface area contributed by atoms with Crippen LogP contribution in [0.2, 0.25) is 0 Å². The van der Waals surface area contributed by atoms with Crippen LogP contribution in [-0.4, -0.2) is 32.9 Å². The maximum Gasteiger partial charge on any atom is 0.180 e. The first-order chi connectivity index (χ1) is 16.8. The molecule has 5 nitrogen and oxygen atoms in total. The van der Waals surface area contributed by atoms with Gasteiger partial charge in [0.25, 0.3) is 0 Å². The van der Waals surface area contributed by atoms with E-state index in [9.17, 15) is 8.42 Å². The molecular formula is C29H46N2O3S. The van der Waals surface area contributed by atoms with Crippen LogP contribution in [0.1, 0.15) is 90.3 Å². The summed E-state index contributed by atoms with van der Waals surface area (Å²) in [6.45, 7) is 11.2. The Morgan fingerprint density at radius 2 is 1.66 bits per heavy atom. The van der Waals surface area contributed by atoms with Gasteiger partial charge in [0.05, 0.1) is 17.8 Å². The number of hydrogen-bond acceptors (Lipinski definition) is 5. The second-order valence-electron chi connectivity index (χ2n) is 9.61. The Kier molecular flexibility index (Phi) is 11.7. The van der Waals surface area contributed by atoms with E-state index in [1.165, 1.54) is 0 Å². The summed E-state index contributed by atoms with van der Waals surface area (Å²) in [5.74, 6) is 0.906. The monoisotopic (exact) mass is 502 g/mol. The van der Waals surface area contributed by atoms with Crippen molar-refractivity contribution in [2.45, 2.75) is 102 Å². The minimum atomic E-state index is -3.40. The van der Waals surface area contributed by atoms with Crippen molar-refractivity contribution in [3.8, 4) is 5.75 Å². The maximum absolute atomic E-state index is 13.5. The van der Waals surface area contributed by atoms with E-state index in [1.54, 1.807) is 7.11 Å². The Bertz CT molecular complexity index is 964. The van der Waals surface area contributed by atoms with E-state index in [1.807, 2.05) is 48.5 Å². The number of rotatable bonds is 10. The van der Waals surface area contributed by atoms with Gasteiger partial charge < -0.3 is 15.4 Å². The molecule has 1 aliphatic heterocycles. The molecule has 0 radical (unpaired) electrons. The van der Waals surface area contributed by atoms with Gasteiger partial charge in [-0.05, 0) is 50.3 Å².